The largest absolute Gasteiger partial charge is 0.410 e. The molecule has 1 fully saturated rings. The molecule has 2 aliphatic rings. The highest BCUT2D eigenvalue weighted by atomic mass is 16.4. The van der Waals surface area contributed by atoms with E-state index in [4.69, 9.17) is 4.98 Å². The zero-order valence-electron chi connectivity index (χ0n) is 17.3. The number of hydrogen-bond donors (Lipinski definition) is 2. The van der Waals surface area contributed by atoms with Crippen LogP contribution in [0.5, 0.6) is 0 Å². The number of likely N-dealkylation sites (N-methyl/N-ethyl adjacent to an activating group) is 1. The molecule has 4 aromatic rings. The van der Waals surface area contributed by atoms with Gasteiger partial charge in [0.05, 0.1) is 11.0 Å². The number of benzene rings is 3. The van der Waals surface area contributed by atoms with Crippen molar-refractivity contribution in [2.75, 3.05) is 38.1 Å². The van der Waals surface area contributed by atoms with Gasteiger partial charge in [0.25, 0.3) is 0 Å². The lowest BCUT2D eigenvalue weighted by Crippen LogP contribution is -2.44. The van der Waals surface area contributed by atoms with E-state index < -0.39 is 0 Å². The molecule has 1 aliphatic carbocycles. The van der Waals surface area contributed by atoms with Crippen molar-refractivity contribution in [3.63, 3.8) is 0 Å². The fourth-order valence-corrected chi connectivity index (χ4v) is 4.78. The molecule has 6 nitrogen and oxygen atoms in total. The van der Waals surface area contributed by atoms with E-state index in [1.807, 2.05) is 30.3 Å². The van der Waals surface area contributed by atoms with Crippen LogP contribution >= 0.6 is 0 Å². The van der Waals surface area contributed by atoms with Crippen LogP contribution in [0, 0.1) is 0 Å². The molecule has 1 saturated heterocycles. The molecule has 1 aliphatic heterocycles. The molecule has 31 heavy (non-hydrogen) atoms. The minimum Gasteiger partial charge on any atom is -0.410 e. The highest BCUT2D eigenvalue weighted by Crippen LogP contribution is 2.42. The number of nitrogens with one attached hydrogen (secondary N) is 1. The number of hydrogen-bond acceptors (Lipinski definition) is 5. The zero-order chi connectivity index (χ0) is 20.9. The summed E-state index contributed by atoms with van der Waals surface area (Å²) in [5.41, 5.74) is 8.85. The lowest BCUT2D eigenvalue weighted by Gasteiger charge is -2.34. The summed E-state index contributed by atoms with van der Waals surface area (Å²) in [4.78, 5) is 13.2. The standard InChI is InChI=1S/C25H23N5O/c1-29-11-13-30(14-12-29)16-9-10-21-22(15-16)27-25(26-21)20-8-4-7-19-23(20)17-5-2-3-6-18(17)24(19)28-31/h2-10,15,31H,11-14H2,1H3,(H,26,27). The second kappa shape index (κ2) is 6.96. The molecule has 0 radical (unpaired) electrons. The maximum absolute atomic E-state index is 9.66. The highest BCUT2D eigenvalue weighted by molar-refractivity contribution is 6.26. The second-order valence-corrected chi connectivity index (χ2v) is 8.30. The van der Waals surface area contributed by atoms with Crippen molar-refractivity contribution < 1.29 is 5.21 Å². The minimum absolute atomic E-state index is 0.612. The van der Waals surface area contributed by atoms with Gasteiger partial charge in [-0.05, 0) is 30.8 Å². The summed E-state index contributed by atoms with van der Waals surface area (Å²) < 4.78 is 0. The van der Waals surface area contributed by atoms with Gasteiger partial charge < -0.3 is 20.0 Å². The Morgan fingerprint density at radius 2 is 1.61 bits per heavy atom. The normalized spacial score (nSPS) is 17.3. The number of fused-ring (bicyclic) bond motifs is 4. The SMILES string of the molecule is CN1CCN(c2ccc3nc(-c4cccc5c4-c4ccccc4C5=NO)[nH]c3c2)CC1. The fraction of sp³-hybridized carbons (Fsp3) is 0.200. The van der Waals surface area contributed by atoms with Crippen molar-refractivity contribution in [3.05, 3.63) is 71.8 Å². The van der Waals surface area contributed by atoms with E-state index in [2.05, 4.69) is 57.3 Å². The predicted octanol–water partition coefficient (Wildman–Crippen LogP) is 4.19. The number of nitrogens with zero attached hydrogens (tertiary/aromatic N) is 4. The van der Waals surface area contributed by atoms with E-state index in [0.717, 1.165) is 70.9 Å². The van der Waals surface area contributed by atoms with Gasteiger partial charge in [-0.1, -0.05) is 47.6 Å². The number of H-pyrrole nitrogens is 1. The van der Waals surface area contributed by atoms with Gasteiger partial charge in [0.1, 0.15) is 11.5 Å². The first kappa shape index (κ1) is 18.2. The molecule has 1 aromatic heterocycles. The Hall–Kier alpha value is -3.64. The fourth-order valence-electron chi connectivity index (χ4n) is 4.78. The molecule has 0 amide bonds. The van der Waals surface area contributed by atoms with Gasteiger partial charge in [-0.25, -0.2) is 4.98 Å². The van der Waals surface area contributed by atoms with E-state index in [-0.39, 0.29) is 0 Å². The zero-order valence-corrected chi connectivity index (χ0v) is 17.3. The number of piperazine rings is 1. The number of rotatable bonds is 2. The average molecular weight is 409 g/mol. The van der Waals surface area contributed by atoms with E-state index in [1.54, 1.807) is 0 Å². The molecule has 3 aromatic carbocycles. The molecule has 6 rings (SSSR count). The Bertz CT molecular complexity index is 1330. The molecule has 0 bridgehead atoms. The maximum atomic E-state index is 9.66. The highest BCUT2D eigenvalue weighted by Gasteiger charge is 2.28. The van der Waals surface area contributed by atoms with E-state index in [0.29, 0.717) is 5.71 Å². The summed E-state index contributed by atoms with van der Waals surface area (Å²) in [5, 5.41) is 13.3. The van der Waals surface area contributed by atoms with Crippen LogP contribution in [0.3, 0.4) is 0 Å². The first-order valence-corrected chi connectivity index (χ1v) is 10.6. The van der Waals surface area contributed by atoms with Crippen LogP contribution < -0.4 is 4.90 Å². The molecule has 0 spiro atoms. The van der Waals surface area contributed by atoms with E-state index >= 15 is 0 Å². The molecule has 2 heterocycles. The van der Waals surface area contributed by atoms with Gasteiger partial charge >= 0.3 is 0 Å². The van der Waals surface area contributed by atoms with Crippen molar-refractivity contribution in [1.29, 1.82) is 0 Å². The molecule has 154 valence electrons. The van der Waals surface area contributed by atoms with Gasteiger partial charge in [0, 0.05) is 54.1 Å². The molecule has 0 atom stereocenters. The quantitative estimate of drug-likeness (QED) is 0.339. The van der Waals surface area contributed by atoms with Crippen LogP contribution in [0.1, 0.15) is 11.1 Å². The molecular weight excluding hydrogens is 386 g/mol. The Morgan fingerprint density at radius 3 is 2.42 bits per heavy atom. The number of oxime groups is 1. The van der Waals surface area contributed by atoms with Crippen molar-refractivity contribution in [1.82, 2.24) is 14.9 Å². The maximum Gasteiger partial charge on any atom is 0.139 e. The second-order valence-electron chi connectivity index (χ2n) is 8.30. The smallest absolute Gasteiger partial charge is 0.139 e. The van der Waals surface area contributed by atoms with Crippen LogP contribution in [-0.2, 0) is 0 Å². The lowest BCUT2D eigenvalue weighted by atomic mass is 9.99. The van der Waals surface area contributed by atoms with E-state index in [1.165, 1.54) is 5.69 Å². The first-order valence-electron chi connectivity index (χ1n) is 10.6. The van der Waals surface area contributed by atoms with Crippen molar-refractivity contribution >= 4 is 22.4 Å². The van der Waals surface area contributed by atoms with Crippen molar-refractivity contribution in [2.45, 2.75) is 0 Å². The number of imidazole rings is 1. The van der Waals surface area contributed by atoms with E-state index in [9.17, 15) is 5.21 Å². The molecule has 0 saturated carbocycles. The van der Waals surface area contributed by atoms with Crippen LogP contribution in [-0.4, -0.2) is 59.0 Å². The predicted molar refractivity (Wildman–Crippen MR) is 124 cm³/mol. The molecule has 6 heteroatoms. The molecular formula is C25H23N5O. The Kier molecular flexibility index (Phi) is 4.07. The first-order chi connectivity index (χ1) is 15.2. The summed E-state index contributed by atoms with van der Waals surface area (Å²) in [6, 6.07) is 20.6. The minimum atomic E-state index is 0.612. The lowest BCUT2D eigenvalue weighted by molar-refractivity contribution is 0.313. The van der Waals surface area contributed by atoms with Crippen LogP contribution in [0.2, 0.25) is 0 Å². The van der Waals surface area contributed by atoms with Crippen LogP contribution in [0.25, 0.3) is 33.5 Å². The molecule has 0 unspecified atom stereocenters. The van der Waals surface area contributed by atoms with Crippen LogP contribution in [0.15, 0.2) is 65.8 Å². The summed E-state index contributed by atoms with van der Waals surface area (Å²) in [5.74, 6) is 0.830. The third-order valence-electron chi connectivity index (χ3n) is 6.46. The monoisotopic (exact) mass is 409 g/mol. The van der Waals surface area contributed by atoms with Gasteiger partial charge in [-0.2, -0.15) is 0 Å². The summed E-state index contributed by atoms with van der Waals surface area (Å²) >= 11 is 0. The summed E-state index contributed by atoms with van der Waals surface area (Å²) in [6.45, 7) is 4.23. The Morgan fingerprint density at radius 1 is 0.871 bits per heavy atom. The van der Waals surface area contributed by atoms with Gasteiger partial charge in [-0.3, -0.25) is 0 Å². The Balaban J connectivity index is 1.45. The number of aromatic amines is 1. The van der Waals surface area contributed by atoms with Crippen molar-refractivity contribution in [3.8, 4) is 22.5 Å². The van der Waals surface area contributed by atoms with Crippen LogP contribution in [0.4, 0.5) is 5.69 Å². The summed E-state index contributed by atoms with van der Waals surface area (Å²) in [6.07, 6.45) is 0. The van der Waals surface area contributed by atoms with Gasteiger partial charge in [-0.15, -0.1) is 0 Å². The third kappa shape index (κ3) is 2.83. The Labute approximate surface area is 180 Å². The number of aromatic nitrogens is 2. The number of anilines is 1. The third-order valence-corrected chi connectivity index (χ3v) is 6.46. The average Bonchev–Trinajstić information content (AvgIpc) is 3.38. The van der Waals surface area contributed by atoms with Crippen molar-refractivity contribution in [2.24, 2.45) is 5.16 Å². The van der Waals surface area contributed by atoms with Gasteiger partial charge in [0.15, 0.2) is 0 Å². The topological polar surface area (TPSA) is 67.8 Å². The van der Waals surface area contributed by atoms with Gasteiger partial charge in [0.2, 0.25) is 0 Å². The summed E-state index contributed by atoms with van der Waals surface area (Å²) in [7, 11) is 2.17. The molecule has 2 N–H and O–H groups in total.